The smallest absolute Gasteiger partial charge is 0.157 e. The summed E-state index contributed by atoms with van der Waals surface area (Å²) >= 11 is 0. The fraction of sp³-hybridized carbons (Fsp3) is 0.500. The lowest BCUT2D eigenvalue weighted by atomic mass is 9.99. The zero-order valence-corrected chi connectivity index (χ0v) is 15.7. The Kier molecular flexibility index (Phi) is 4.57. The standard InChI is InChI=1S/C20H26N6/c1-13(2)26-14(3)23-16-12-22-19(11-17(16)26)24-18-9-10-21-20(25-18)15-7-5-4-6-8-15/h7,9-10,12-13,19H,4-6,8,11H2,1-3H3,(H,21,24,25). The van der Waals surface area contributed by atoms with E-state index in [0.29, 0.717) is 6.04 Å². The topological polar surface area (TPSA) is 68.0 Å². The van der Waals surface area contributed by atoms with E-state index in [1.54, 1.807) is 0 Å². The van der Waals surface area contributed by atoms with Crippen molar-refractivity contribution in [2.75, 3.05) is 5.32 Å². The number of imidazole rings is 1. The van der Waals surface area contributed by atoms with E-state index in [9.17, 15) is 0 Å². The molecule has 6 heteroatoms. The highest BCUT2D eigenvalue weighted by molar-refractivity contribution is 5.80. The van der Waals surface area contributed by atoms with E-state index in [-0.39, 0.29) is 6.17 Å². The fourth-order valence-corrected chi connectivity index (χ4v) is 3.89. The molecule has 0 saturated heterocycles. The third-order valence-corrected chi connectivity index (χ3v) is 5.05. The Morgan fingerprint density at radius 2 is 2.12 bits per heavy atom. The minimum absolute atomic E-state index is 0.0285. The van der Waals surface area contributed by atoms with Gasteiger partial charge < -0.3 is 9.88 Å². The van der Waals surface area contributed by atoms with Crippen LogP contribution in [0.5, 0.6) is 0 Å². The van der Waals surface area contributed by atoms with Crippen LogP contribution in [0.4, 0.5) is 5.82 Å². The molecule has 26 heavy (non-hydrogen) atoms. The lowest BCUT2D eigenvalue weighted by molar-refractivity contribution is 0.545. The summed E-state index contributed by atoms with van der Waals surface area (Å²) < 4.78 is 2.30. The van der Waals surface area contributed by atoms with Crippen molar-refractivity contribution in [1.82, 2.24) is 19.5 Å². The molecule has 2 aliphatic rings. The first-order chi connectivity index (χ1) is 12.6. The van der Waals surface area contributed by atoms with Gasteiger partial charge in [0, 0.05) is 18.7 Å². The summed E-state index contributed by atoms with van der Waals surface area (Å²) in [6, 6.07) is 2.31. The van der Waals surface area contributed by atoms with Crippen LogP contribution in [0.2, 0.25) is 0 Å². The van der Waals surface area contributed by atoms with Gasteiger partial charge in [0.25, 0.3) is 0 Å². The Morgan fingerprint density at radius 3 is 2.88 bits per heavy atom. The number of allylic oxidation sites excluding steroid dienone is 2. The number of aromatic nitrogens is 4. The van der Waals surface area contributed by atoms with Crippen LogP contribution in [0.3, 0.4) is 0 Å². The van der Waals surface area contributed by atoms with Crippen LogP contribution in [0.25, 0.3) is 5.57 Å². The lowest BCUT2D eigenvalue weighted by Gasteiger charge is -2.22. The average Bonchev–Trinajstić information content (AvgIpc) is 2.98. The maximum absolute atomic E-state index is 4.72. The number of nitrogens with zero attached hydrogens (tertiary/aromatic N) is 5. The Morgan fingerprint density at radius 1 is 1.23 bits per heavy atom. The number of aliphatic imine (C=N–C) groups is 1. The number of rotatable bonds is 4. The van der Waals surface area contributed by atoms with Crippen LogP contribution in [-0.2, 0) is 6.42 Å². The molecule has 1 aliphatic heterocycles. The molecule has 0 bridgehead atoms. The molecule has 0 fully saturated rings. The van der Waals surface area contributed by atoms with Crippen molar-refractivity contribution >= 4 is 17.6 Å². The Labute approximate surface area is 154 Å². The Bertz CT molecular complexity index is 861. The van der Waals surface area contributed by atoms with Crippen molar-refractivity contribution in [3.8, 4) is 0 Å². The highest BCUT2D eigenvalue weighted by Gasteiger charge is 2.23. The zero-order chi connectivity index (χ0) is 18.1. The van der Waals surface area contributed by atoms with Gasteiger partial charge in [0.2, 0.25) is 0 Å². The summed E-state index contributed by atoms with van der Waals surface area (Å²) in [7, 11) is 0. The Balaban J connectivity index is 1.53. The molecule has 4 rings (SSSR count). The summed E-state index contributed by atoms with van der Waals surface area (Å²) in [5.41, 5.74) is 3.50. The predicted octanol–water partition coefficient (Wildman–Crippen LogP) is 3.93. The largest absolute Gasteiger partial charge is 0.348 e. The van der Waals surface area contributed by atoms with Gasteiger partial charge in [0.15, 0.2) is 5.82 Å². The normalized spacial score (nSPS) is 19.4. The first kappa shape index (κ1) is 16.9. The molecule has 1 aliphatic carbocycles. The first-order valence-corrected chi connectivity index (χ1v) is 9.51. The number of hydrogen-bond acceptors (Lipinski definition) is 5. The van der Waals surface area contributed by atoms with Crippen molar-refractivity contribution in [2.24, 2.45) is 4.99 Å². The van der Waals surface area contributed by atoms with Gasteiger partial charge in [0.1, 0.15) is 23.5 Å². The summed E-state index contributed by atoms with van der Waals surface area (Å²) in [4.78, 5) is 18.5. The van der Waals surface area contributed by atoms with Gasteiger partial charge in [-0.1, -0.05) is 6.08 Å². The fourth-order valence-electron chi connectivity index (χ4n) is 3.89. The molecule has 0 aromatic carbocycles. The second kappa shape index (κ2) is 7.02. The molecule has 0 radical (unpaired) electrons. The lowest BCUT2D eigenvalue weighted by Crippen LogP contribution is -2.26. The van der Waals surface area contributed by atoms with Crippen LogP contribution in [0.1, 0.15) is 68.6 Å². The van der Waals surface area contributed by atoms with E-state index >= 15 is 0 Å². The van der Waals surface area contributed by atoms with E-state index in [4.69, 9.17) is 4.98 Å². The second-order valence-electron chi connectivity index (χ2n) is 7.34. The van der Waals surface area contributed by atoms with E-state index in [1.807, 2.05) is 18.5 Å². The predicted molar refractivity (Wildman–Crippen MR) is 105 cm³/mol. The van der Waals surface area contributed by atoms with Crippen molar-refractivity contribution in [3.63, 3.8) is 0 Å². The maximum atomic E-state index is 4.72. The maximum Gasteiger partial charge on any atom is 0.157 e. The minimum Gasteiger partial charge on any atom is -0.348 e. The van der Waals surface area contributed by atoms with Gasteiger partial charge >= 0.3 is 0 Å². The van der Waals surface area contributed by atoms with E-state index < -0.39 is 0 Å². The minimum atomic E-state index is -0.0285. The summed E-state index contributed by atoms with van der Waals surface area (Å²) in [5, 5.41) is 3.46. The van der Waals surface area contributed by atoms with Crippen molar-refractivity contribution in [1.29, 1.82) is 0 Å². The third kappa shape index (κ3) is 3.28. The number of nitrogens with one attached hydrogen (secondary N) is 1. The molecular formula is C20H26N6. The van der Waals surface area contributed by atoms with Gasteiger partial charge in [-0.3, -0.25) is 4.99 Å². The van der Waals surface area contributed by atoms with Crippen molar-refractivity contribution in [2.45, 2.75) is 65.1 Å². The average molecular weight is 350 g/mol. The summed E-state index contributed by atoms with van der Waals surface area (Å²) in [5.74, 6) is 2.73. The highest BCUT2D eigenvalue weighted by Crippen LogP contribution is 2.26. The van der Waals surface area contributed by atoms with Crippen LogP contribution in [-0.4, -0.2) is 31.9 Å². The van der Waals surface area contributed by atoms with Crippen LogP contribution < -0.4 is 5.32 Å². The van der Waals surface area contributed by atoms with E-state index in [1.165, 1.54) is 24.1 Å². The monoisotopic (exact) mass is 350 g/mol. The van der Waals surface area contributed by atoms with Gasteiger partial charge in [-0.15, -0.1) is 0 Å². The van der Waals surface area contributed by atoms with Gasteiger partial charge in [-0.05, 0) is 58.1 Å². The van der Waals surface area contributed by atoms with Gasteiger partial charge in [-0.2, -0.15) is 0 Å². The molecule has 3 heterocycles. The number of hydrogen-bond donors (Lipinski definition) is 1. The summed E-state index contributed by atoms with van der Waals surface area (Å²) in [6.07, 6.45) is 11.5. The van der Waals surface area contributed by atoms with Crippen molar-refractivity contribution < 1.29 is 0 Å². The van der Waals surface area contributed by atoms with Crippen LogP contribution >= 0.6 is 0 Å². The molecule has 2 aromatic rings. The van der Waals surface area contributed by atoms with Gasteiger partial charge in [-0.25, -0.2) is 15.0 Å². The second-order valence-corrected chi connectivity index (χ2v) is 7.34. The third-order valence-electron chi connectivity index (χ3n) is 5.05. The zero-order valence-electron chi connectivity index (χ0n) is 15.7. The van der Waals surface area contributed by atoms with E-state index in [2.05, 4.69) is 51.7 Å². The molecule has 2 aromatic heterocycles. The molecule has 1 atom stereocenters. The molecule has 0 amide bonds. The first-order valence-electron chi connectivity index (χ1n) is 9.51. The molecule has 1 unspecified atom stereocenters. The summed E-state index contributed by atoms with van der Waals surface area (Å²) in [6.45, 7) is 6.44. The Hall–Kier alpha value is -2.50. The molecule has 6 nitrogen and oxygen atoms in total. The number of anilines is 1. The SMILES string of the molecule is Cc1nc2c(n1C(C)C)CC(Nc1ccnc(C3=CCCCC3)n1)N=C2. The molecule has 1 N–H and O–H groups in total. The highest BCUT2D eigenvalue weighted by atomic mass is 15.2. The van der Waals surface area contributed by atoms with Crippen LogP contribution in [0.15, 0.2) is 23.3 Å². The molecule has 0 saturated carbocycles. The van der Waals surface area contributed by atoms with Crippen molar-refractivity contribution in [3.05, 3.63) is 41.4 Å². The number of aryl methyl sites for hydroxylation is 1. The quantitative estimate of drug-likeness (QED) is 0.907. The molecular weight excluding hydrogens is 324 g/mol. The number of fused-ring (bicyclic) bond motifs is 1. The molecule has 0 spiro atoms. The van der Waals surface area contributed by atoms with E-state index in [0.717, 1.165) is 42.4 Å². The van der Waals surface area contributed by atoms with Crippen LogP contribution in [0, 0.1) is 6.92 Å². The molecule has 136 valence electrons. The van der Waals surface area contributed by atoms with Gasteiger partial charge in [0.05, 0.1) is 11.9 Å².